The van der Waals surface area contributed by atoms with E-state index in [9.17, 15) is 9.59 Å². The van der Waals surface area contributed by atoms with Crippen LogP contribution in [0.15, 0.2) is 24.3 Å². The highest BCUT2D eigenvalue weighted by molar-refractivity contribution is 7.18. The molecule has 0 aliphatic heterocycles. The number of esters is 1. The summed E-state index contributed by atoms with van der Waals surface area (Å²) in [6.45, 7) is 1.37. The molecule has 0 unspecified atom stereocenters. The first-order valence-electron chi connectivity index (χ1n) is 5.39. The van der Waals surface area contributed by atoms with E-state index in [1.54, 1.807) is 0 Å². The second-order valence-electron chi connectivity index (χ2n) is 3.65. The summed E-state index contributed by atoms with van der Waals surface area (Å²) in [5.41, 5.74) is 0.899. The van der Waals surface area contributed by atoms with E-state index >= 15 is 0 Å². The minimum absolute atomic E-state index is 0.111. The maximum Gasteiger partial charge on any atom is 0.325 e. The van der Waals surface area contributed by atoms with E-state index in [1.807, 2.05) is 24.3 Å². The number of nitrogens with zero attached hydrogens (tertiary/aromatic N) is 1. The topological polar surface area (TPSA) is 68.3 Å². The Morgan fingerprint density at radius 3 is 2.89 bits per heavy atom. The van der Waals surface area contributed by atoms with E-state index < -0.39 is 5.97 Å². The van der Waals surface area contributed by atoms with Gasteiger partial charge in [0, 0.05) is 6.92 Å². The maximum absolute atomic E-state index is 11.3. The van der Waals surface area contributed by atoms with E-state index in [4.69, 9.17) is 4.74 Å². The number of nitrogens with one attached hydrogen (secondary N) is 1. The van der Waals surface area contributed by atoms with Gasteiger partial charge in [-0.05, 0) is 12.1 Å². The summed E-state index contributed by atoms with van der Waals surface area (Å²) in [4.78, 5) is 26.2. The molecule has 0 radical (unpaired) electrons. The number of ether oxygens (including phenoxy) is 1. The second-order valence-corrected chi connectivity index (χ2v) is 4.76. The van der Waals surface area contributed by atoms with Crippen LogP contribution in [0.2, 0.25) is 0 Å². The van der Waals surface area contributed by atoms with E-state index in [-0.39, 0.29) is 19.1 Å². The molecule has 0 aliphatic carbocycles. The monoisotopic (exact) mass is 264 g/mol. The van der Waals surface area contributed by atoms with Gasteiger partial charge in [-0.1, -0.05) is 12.1 Å². The molecular weight excluding hydrogens is 252 g/mol. The third-order valence-electron chi connectivity index (χ3n) is 2.18. The van der Waals surface area contributed by atoms with Crippen molar-refractivity contribution < 1.29 is 14.3 Å². The molecule has 0 atom stereocenters. The Kier molecular flexibility index (Phi) is 3.88. The first-order valence-corrected chi connectivity index (χ1v) is 6.21. The van der Waals surface area contributed by atoms with Gasteiger partial charge in [-0.15, -0.1) is 11.3 Å². The molecule has 18 heavy (non-hydrogen) atoms. The van der Waals surface area contributed by atoms with Gasteiger partial charge in [-0.3, -0.25) is 9.59 Å². The van der Waals surface area contributed by atoms with E-state index in [0.717, 1.165) is 15.2 Å². The zero-order chi connectivity index (χ0) is 13.0. The predicted molar refractivity (Wildman–Crippen MR) is 68.1 cm³/mol. The Balaban J connectivity index is 1.90. The summed E-state index contributed by atoms with van der Waals surface area (Å²) in [6, 6.07) is 7.73. The zero-order valence-electron chi connectivity index (χ0n) is 9.80. The highest BCUT2D eigenvalue weighted by atomic mass is 32.1. The summed E-state index contributed by atoms with van der Waals surface area (Å²) >= 11 is 1.49. The van der Waals surface area contributed by atoms with Crippen LogP contribution in [0.5, 0.6) is 0 Å². The van der Waals surface area contributed by atoms with Crippen LogP contribution < -0.4 is 5.32 Å². The van der Waals surface area contributed by atoms with Gasteiger partial charge in [0.1, 0.15) is 18.2 Å². The molecule has 0 saturated carbocycles. The molecule has 0 bridgehead atoms. The van der Waals surface area contributed by atoms with Crippen molar-refractivity contribution in [3.05, 3.63) is 29.3 Å². The summed E-state index contributed by atoms with van der Waals surface area (Å²) in [5.74, 6) is -0.726. The lowest BCUT2D eigenvalue weighted by molar-refractivity contribution is -0.145. The molecule has 1 N–H and O–H groups in total. The average molecular weight is 264 g/mol. The number of carbonyl (C=O) groups is 2. The van der Waals surface area contributed by atoms with Crippen LogP contribution in [-0.2, 0) is 20.9 Å². The summed E-state index contributed by atoms with van der Waals surface area (Å²) in [5, 5.41) is 3.12. The lowest BCUT2D eigenvalue weighted by atomic mass is 10.3. The predicted octanol–water partition coefficient (Wildman–Crippen LogP) is 1.48. The van der Waals surface area contributed by atoms with Gasteiger partial charge in [-0.2, -0.15) is 0 Å². The van der Waals surface area contributed by atoms with Crippen LogP contribution in [0.1, 0.15) is 11.9 Å². The third-order valence-corrected chi connectivity index (χ3v) is 3.19. The number of aromatic nitrogens is 1. The number of rotatable bonds is 4. The molecule has 2 aromatic rings. The van der Waals surface area contributed by atoms with Crippen LogP contribution in [-0.4, -0.2) is 23.4 Å². The van der Waals surface area contributed by atoms with Gasteiger partial charge in [0.05, 0.1) is 10.2 Å². The minimum atomic E-state index is -0.468. The molecular formula is C12H12N2O3S. The molecule has 0 fully saturated rings. The molecule has 2 rings (SSSR count). The van der Waals surface area contributed by atoms with Crippen LogP contribution in [0, 0.1) is 0 Å². The Bertz CT molecular complexity index is 546. The quantitative estimate of drug-likeness (QED) is 0.849. The van der Waals surface area contributed by atoms with Gasteiger partial charge in [0.2, 0.25) is 5.91 Å². The Hall–Kier alpha value is -1.95. The molecule has 5 nitrogen and oxygen atoms in total. The number of carbonyl (C=O) groups excluding carboxylic acids is 2. The third kappa shape index (κ3) is 3.27. The first-order chi connectivity index (χ1) is 8.65. The largest absolute Gasteiger partial charge is 0.457 e. The Labute approximate surface area is 108 Å². The van der Waals surface area contributed by atoms with Crippen molar-refractivity contribution in [1.82, 2.24) is 10.3 Å². The lowest BCUT2D eigenvalue weighted by Gasteiger charge is -2.02. The maximum atomic E-state index is 11.3. The number of fused-ring (bicyclic) bond motifs is 1. The summed E-state index contributed by atoms with van der Waals surface area (Å²) < 4.78 is 6.06. The standard InChI is InChI=1S/C12H12N2O3S/c1-8(15)13-6-12(16)17-7-11-14-9-4-2-3-5-10(9)18-11/h2-5H,6-7H2,1H3,(H,13,15). The van der Waals surface area contributed by atoms with Gasteiger partial charge in [0.25, 0.3) is 0 Å². The summed E-state index contributed by atoms with van der Waals surface area (Å²) in [7, 11) is 0. The van der Waals surface area contributed by atoms with E-state index in [1.165, 1.54) is 18.3 Å². The smallest absolute Gasteiger partial charge is 0.325 e. The minimum Gasteiger partial charge on any atom is -0.457 e. The second kappa shape index (κ2) is 5.59. The fraction of sp³-hybridized carbons (Fsp3) is 0.250. The molecule has 0 spiro atoms. The van der Waals surface area contributed by atoms with Crippen LogP contribution in [0.3, 0.4) is 0 Å². The highest BCUT2D eigenvalue weighted by Gasteiger charge is 2.07. The molecule has 1 heterocycles. The van der Waals surface area contributed by atoms with E-state index in [0.29, 0.717) is 0 Å². The summed E-state index contributed by atoms with van der Waals surface area (Å²) in [6.07, 6.45) is 0. The molecule has 1 aromatic carbocycles. The van der Waals surface area contributed by atoms with Crippen molar-refractivity contribution in [3.8, 4) is 0 Å². The fourth-order valence-corrected chi connectivity index (χ4v) is 2.25. The van der Waals surface area contributed by atoms with Crippen molar-refractivity contribution in [2.45, 2.75) is 13.5 Å². The van der Waals surface area contributed by atoms with Crippen LogP contribution in [0.25, 0.3) is 10.2 Å². The molecule has 0 saturated heterocycles. The number of amides is 1. The number of hydrogen-bond acceptors (Lipinski definition) is 5. The lowest BCUT2D eigenvalue weighted by Crippen LogP contribution is -2.28. The fourth-order valence-electron chi connectivity index (χ4n) is 1.37. The van der Waals surface area contributed by atoms with Crippen molar-refractivity contribution in [2.75, 3.05) is 6.54 Å². The molecule has 0 aliphatic rings. The number of hydrogen-bond donors (Lipinski definition) is 1. The van der Waals surface area contributed by atoms with Crippen LogP contribution >= 0.6 is 11.3 Å². The Morgan fingerprint density at radius 1 is 1.39 bits per heavy atom. The first kappa shape index (κ1) is 12.5. The van der Waals surface area contributed by atoms with Crippen LogP contribution in [0.4, 0.5) is 0 Å². The number of para-hydroxylation sites is 1. The van der Waals surface area contributed by atoms with Gasteiger partial charge < -0.3 is 10.1 Å². The normalized spacial score (nSPS) is 10.3. The SMILES string of the molecule is CC(=O)NCC(=O)OCc1nc2ccccc2s1. The van der Waals surface area contributed by atoms with Crippen molar-refractivity contribution in [1.29, 1.82) is 0 Å². The molecule has 1 aromatic heterocycles. The van der Waals surface area contributed by atoms with Gasteiger partial charge in [0.15, 0.2) is 0 Å². The molecule has 1 amide bonds. The van der Waals surface area contributed by atoms with E-state index in [2.05, 4.69) is 10.3 Å². The molecule has 6 heteroatoms. The number of thiazole rings is 1. The highest BCUT2D eigenvalue weighted by Crippen LogP contribution is 2.21. The Morgan fingerprint density at radius 2 is 2.17 bits per heavy atom. The van der Waals surface area contributed by atoms with Gasteiger partial charge in [-0.25, -0.2) is 4.98 Å². The molecule has 94 valence electrons. The average Bonchev–Trinajstić information content (AvgIpc) is 2.76. The number of benzene rings is 1. The van der Waals surface area contributed by atoms with Crippen molar-refractivity contribution in [2.24, 2.45) is 0 Å². The van der Waals surface area contributed by atoms with Gasteiger partial charge >= 0.3 is 5.97 Å². The zero-order valence-corrected chi connectivity index (χ0v) is 10.6. The van der Waals surface area contributed by atoms with Crippen molar-refractivity contribution in [3.63, 3.8) is 0 Å². The van der Waals surface area contributed by atoms with Crippen molar-refractivity contribution >= 4 is 33.4 Å².